The summed E-state index contributed by atoms with van der Waals surface area (Å²) < 4.78 is 14.8. The fraction of sp³-hybridized carbons (Fsp3) is 0.333. The maximum atomic E-state index is 13.1. The molecule has 0 aliphatic heterocycles. The predicted molar refractivity (Wildman–Crippen MR) is 65.1 cm³/mol. The average Bonchev–Trinajstić information content (AvgIpc) is 2.79. The number of hydrogen-bond acceptors (Lipinski definition) is 2. The number of benzene rings is 1. The molecule has 0 spiro atoms. The van der Waals surface area contributed by atoms with Crippen LogP contribution in [0.1, 0.15) is 17.7 Å². The van der Waals surface area contributed by atoms with Crippen molar-refractivity contribution < 1.29 is 4.39 Å². The van der Waals surface area contributed by atoms with Crippen LogP contribution in [-0.4, -0.2) is 20.9 Å². The molecule has 1 aromatic heterocycles. The lowest BCUT2D eigenvalue weighted by molar-refractivity contribution is 0.617. The van der Waals surface area contributed by atoms with Gasteiger partial charge in [-0.2, -0.15) is 0 Å². The molecule has 0 atom stereocenters. The summed E-state index contributed by atoms with van der Waals surface area (Å²) in [5.74, 6) is 0.402. The Morgan fingerprint density at radius 3 is 2.94 bits per heavy atom. The predicted octanol–water partition coefficient (Wildman–Crippen LogP) is 2.89. The van der Waals surface area contributed by atoms with Crippen LogP contribution >= 0.6 is 11.6 Å². The van der Waals surface area contributed by atoms with E-state index in [1.807, 2.05) is 6.20 Å². The third kappa shape index (κ3) is 2.82. The van der Waals surface area contributed by atoms with Crippen LogP contribution in [0.5, 0.6) is 0 Å². The fourth-order valence-corrected chi connectivity index (χ4v) is 1.69. The minimum atomic E-state index is -0.212. The second kappa shape index (κ2) is 5.27. The van der Waals surface area contributed by atoms with Gasteiger partial charge in [-0.05, 0) is 43.5 Å². The van der Waals surface area contributed by atoms with Crippen molar-refractivity contribution in [3.8, 4) is 5.69 Å². The first-order valence-corrected chi connectivity index (χ1v) is 5.98. The van der Waals surface area contributed by atoms with E-state index >= 15 is 0 Å². The highest BCUT2D eigenvalue weighted by atomic mass is 35.5. The van der Waals surface area contributed by atoms with Crippen molar-refractivity contribution in [1.29, 1.82) is 0 Å². The summed E-state index contributed by atoms with van der Waals surface area (Å²) in [7, 11) is 0. The van der Waals surface area contributed by atoms with Crippen LogP contribution < -0.4 is 0 Å². The van der Waals surface area contributed by atoms with Crippen molar-refractivity contribution in [2.45, 2.75) is 19.8 Å². The lowest BCUT2D eigenvalue weighted by Gasteiger charge is -2.01. The molecule has 2 rings (SSSR count). The van der Waals surface area contributed by atoms with Gasteiger partial charge in [0.2, 0.25) is 0 Å². The molecular formula is C12H13ClFN3. The number of aromatic nitrogens is 3. The van der Waals surface area contributed by atoms with E-state index in [0.29, 0.717) is 11.4 Å². The Bertz CT molecular complexity index is 510. The van der Waals surface area contributed by atoms with Crippen LogP contribution in [0.15, 0.2) is 24.4 Å². The Kier molecular flexibility index (Phi) is 3.74. The quantitative estimate of drug-likeness (QED) is 0.785. The van der Waals surface area contributed by atoms with E-state index in [0.717, 1.165) is 24.2 Å². The monoisotopic (exact) mass is 253 g/mol. The van der Waals surface area contributed by atoms with Gasteiger partial charge in [-0.3, -0.25) is 0 Å². The summed E-state index contributed by atoms with van der Waals surface area (Å²) in [6, 6.07) is 4.86. The Labute approximate surface area is 104 Å². The zero-order valence-electron chi connectivity index (χ0n) is 9.53. The first-order chi connectivity index (χ1) is 8.20. The first kappa shape index (κ1) is 12.0. The van der Waals surface area contributed by atoms with E-state index < -0.39 is 0 Å². The van der Waals surface area contributed by atoms with Gasteiger partial charge in [0.1, 0.15) is 5.82 Å². The third-order valence-electron chi connectivity index (χ3n) is 2.51. The molecule has 0 radical (unpaired) electrons. The van der Waals surface area contributed by atoms with Crippen LogP contribution in [0.2, 0.25) is 0 Å². The third-order valence-corrected chi connectivity index (χ3v) is 2.78. The average molecular weight is 254 g/mol. The molecule has 1 aromatic carbocycles. The number of aryl methyl sites for hydroxylation is 2. The molecule has 0 saturated heterocycles. The van der Waals surface area contributed by atoms with Crippen molar-refractivity contribution in [2.75, 3.05) is 5.88 Å². The molecule has 90 valence electrons. The topological polar surface area (TPSA) is 30.7 Å². The number of hydrogen-bond donors (Lipinski definition) is 0. The van der Waals surface area contributed by atoms with E-state index in [2.05, 4.69) is 10.3 Å². The standard InChI is InChI=1S/C12H13ClFN3/c1-9-7-11(4-5-12(9)14)17-8-10(15-16-17)3-2-6-13/h4-5,7-8H,2-3,6H2,1H3. The Balaban J connectivity index is 2.21. The molecule has 17 heavy (non-hydrogen) atoms. The number of alkyl halides is 1. The summed E-state index contributed by atoms with van der Waals surface area (Å²) in [5, 5.41) is 8.05. The molecule has 3 nitrogen and oxygen atoms in total. The molecule has 0 N–H and O–H groups in total. The van der Waals surface area contributed by atoms with Gasteiger partial charge in [0.05, 0.1) is 17.6 Å². The van der Waals surface area contributed by atoms with E-state index in [-0.39, 0.29) is 5.82 Å². The van der Waals surface area contributed by atoms with Crippen LogP contribution in [-0.2, 0) is 6.42 Å². The molecule has 0 amide bonds. The highest BCUT2D eigenvalue weighted by molar-refractivity contribution is 6.17. The number of rotatable bonds is 4. The molecule has 0 bridgehead atoms. The second-order valence-corrected chi connectivity index (χ2v) is 4.26. The number of nitrogens with zero attached hydrogens (tertiary/aromatic N) is 3. The zero-order valence-corrected chi connectivity index (χ0v) is 10.3. The molecule has 0 saturated carbocycles. The highest BCUT2D eigenvalue weighted by Gasteiger charge is 2.04. The highest BCUT2D eigenvalue weighted by Crippen LogP contribution is 2.13. The Morgan fingerprint density at radius 2 is 2.24 bits per heavy atom. The summed E-state index contributed by atoms with van der Waals surface area (Å²) in [4.78, 5) is 0. The number of halogens is 2. The molecule has 0 aliphatic rings. The molecule has 0 fully saturated rings. The van der Waals surface area contributed by atoms with Gasteiger partial charge in [-0.15, -0.1) is 16.7 Å². The lowest BCUT2D eigenvalue weighted by Crippen LogP contribution is -1.96. The second-order valence-electron chi connectivity index (χ2n) is 3.88. The Hall–Kier alpha value is -1.42. The maximum Gasteiger partial charge on any atom is 0.126 e. The summed E-state index contributed by atoms with van der Waals surface area (Å²) in [6.45, 7) is 1.73. The zero-order chi connectivity index (χ0) is 12.3. The van der Waals surface area contributed by atoms with Crippen molar-refractivity contribution in [1.82, 2.24) is 15.0 Å². The largest absolute Gasteiger partial charge is 0.220 e. The van der Waals surface area contributed by atoms with E-state index in [9.17, 15) is 4.39 Å². The maximum absolute atomic E-state index is 13.1. The van der Waals surface area contributed by atoms with Crippen LogP contribution in [0.3, 0.4) is 0 Å². The van der Waals surface area contributed by atoms with Crippen molar-refractivity contribution in [2.24, 2.45) is 0 Å². The van der Waals surface area contributed by atoms with Gasteiger partial charge in [0.25, 0.3) is 0 Å². The molecule has 0 aliphatic carbocycles. The molecule has 2 aromatic rings. The van der Waals surface area contributed by atoms with Crippen molar-refractivity contribution in [3.63, 3.8) is 0 Å². The van der Waals surface area contributed by atoms with Gasteiger partial charge in [0, 0.05) is 5.88 Å². The lowest BCUT2D eigenvalue weighted by atomic mass is 10.2. The van der Waals surface area contributed by atoms with Gasteiger partial charge in [-0.1, -0.05) is 5.21 Å². The van der Waals surface area contributed by atoms with Gasteiger partial charge >= 0.3 is 0 Å². The van der Waals surface area contributed by atoms with Gasteiger partial charge in [-0.25, -0.2) is 9.07 Å². The molecule has 1 heterocycles. The smallest absolute Gasteiger partial charge is 0.126 e. The van der Waals surface area contributed by atoms with E-state index in [4.69, 9.17) is 11.6 Å². The molecule has 0 unspecified atom stereocenters. The summed E-state index contributed by atoms with van der Waals surface area (Å²) >= 11 is 5.62. The Morgan fingerprint density at radius 1 is 1.41 bits per heavy atom. The summed E-state index contributed by atoms with van der Waals surface area (Å²) in [5.41, 5.74) is 2.31. The van der Waals surface area contributed by atoms with Crippen LogP contribution in [0.4, 0.5) is 4.39 Å². The van der Waals surface area contributed by atoms with Crippen molar-refractivity contribution >= 4 is 11.6 Å². The SMILES string of the molecule is Cc1cc(-n2cc(CCCCl)nn2)ccc1F. The van der Waals surface area contributed by atoms with Crippen LogP contribution in [0, 0.1) is 12.7 Å². The first-order valence-electron chi connectivity index (χ1n) is 5.44. The van der Waals surface area contributed by atoms with E-state index in [1.165, 1.54) is 6.07 Å². The van der Waals surface area contributed by atoms with E-state index in [1.54, 1.807) is 23.7 Å². The molecule has 5 heteroatoms. The minimum Gasteiger partial charge on any atom is -0.220 e. The van der Waals surface area contributed by atoms with Gasteiger partial charge in [0.15, 0.2) is 0 Å². The van der Waals surface area contributed by atoms with Gasteiger partial charge < -0.3 is 0 Å². The van der Waals surface area contributed by atoms with Crippen LogP contribution in [0.25, 0.3) is 5.69 Å². The van der Waals surface area contributed by atoms with Crippen molar-refractivity contribution in [3.05, 3.63) is 41.5 Å². The normalized spacial score (nSPS) is 10.8. The molecular weight excluding hydrogens is 241 g/mol. The fourth-order valence-electron chi connectivity index (χ4n) is 1.56. The minimum absolute atomic E-state index is 0.212. The summed E-state index contributed by atoms with van der Waals surface area (Å²) in [6.07, 6.45) is 3.53.